The Labute approximate surface area is 136 Å². The molecule has 0 unspecified atom stereocenters. The van der Waals surface area contributed by atoms with Crippen molar-refractivity contribution in [3.8, 4) is 0 Å². The second-order valence-corrected chi connectivity index (χ2v) is 9.63. The molecule has 0 aliphatic carbocycles. The molecule has 0 aromatic carbocycles. The highest BCUT2D eigenvalue weighted by molar-refractivity contribution is 7.92. The lowest BCUT2D eigenvalue weighted by atomic mass is 9.90. The number of hydrogen-bond donors (Lipinski definition) is 1. The molecule has 2 aliphatic rings. The number of nitrogens with one attached hydrogen (secondary N) is 1. The molecule has 1 aromatic heterocycles. The van der Waals surface area contributed by atoms with E-state index in [2.05, 4.69) is 10.2 Å². The molecule has 1 aromatic rings. The molecule has 3 rings (SSSR count). The van der Waals surface area contributed by atoms with Gasteiger partial charge in [0.1, 0.15) is 6.10 Å². The third-order valence-electron chi connectivity index (χ3n) is 4.82. The van der Waals surface area contributed by atoms with E-state index in [9.17, 15) is 13.2 Å². The number of carbonyl (C=O) groups excluding carboxylic acids is 1. The molecule has 3 heterocycles. The molecule has 2 saturated heterocycles. The summed E-state index contributed by atoms with van der Waals surface area (Å²) in [6.45, 7) is 4.49. The standard InChI is InChI=1S/C15H23N3O4S/c1-15(2)10-18(7-9-23(15,20)21)14(19)11-4-3-8-22-13(11)12-5-6-16-17-12/h5-6,11,13H,3-4,7-10H2,1-2H3,(H,16,17)/t11-,13-/m1/s1. The third kappa shape index (κ3) is 3.01. The van der Waals surface area contributed by atoms with Gasteiger partial charge in [-0.15, -0.1) is 0 Å². The van der Waals surface area contributed by atoms with Crippen LogP contribution in [0.2, 0.25) is 0 Å². The lowest BCUT2D eigenvalue weighted by Crippen LogP contribution is -2.56. The lowest BCUT2D eigenvalue weighted by molar-refractivity contribution is -0.146. The summed E-state index contributed by atoms with van der Waals surface area (Å²) in [5, 5.41) is 6.82. The van der Waals surface area contributed by atoms with Gasteiger partial charge in [0.25, 0.3) is 0 Å². The number of aromatic amines is 1. The van der Waals surface area contributed by atoms with Crippen LogP contribution in [0.4, 0.5) is 0 Å². The van der Waals surface area contributed by atoms with Crippen molar-refractivity contribution in [3.05, 3.63) is 18.0 Å². The monoisotopic (exact) mass is 341 g/mol. The van der Waals surface area contributed by atoms with Gasteiger partial charge < -0.3 is 9.64 Å². The Kier molecular flexibility index (Phi) is 4.22. The molecule has 1 N–H and O–H groups in total. The zero-order valence-corrected chi connectivity index (χ0v) is 14.3. The number of hydrogen-bond acceptors (Lipinski definition) is 5. The molecule has 0 spiro atoms. The van der Waals surface area contributed by atoms with Crippen molar-refractivity contribution in [1.82, 2.24) is 15.1 Å². The number of carbonyl (C=O) groups is 1. The van der Waals surface area contributed by atoms with Gasteiger partial charge in [-0.3, -0.25) is 9.89 Å². The predicted octanol–water partition coefficient (Wildman–Crippen LogP) is 0.913. The fraction of sp³-hybridized carbons (Fsp3) is 0.733. The first-order valence-electron chi connectivity index (χ1n) is 7.94. The number of sulfone groups is 1. The predicted molar refractivity (Wildman–Crippen MR) is 84.5 cm³/mol. The van der Waals surface area contributed by atoms with Gasteiger partial charge in [-0.1, -0.05) is 0 Å². The maximum absolute atomic E-state index is 13.0. The third-order valence-corrected chi connectivity index (χ3v) is 7.36. The normalized spacial score (nSPS) is 30.1. The van der Waals surface area contributed by atoms with Crippen molar-refractivity contribution in [2.75, 3.05) is 25.4 Å². The summed E-state index contributed by atoms with van der Waals surface area (Å²) in [7, 11) is -3.16. The van der Waals surface area contributed by atoms with E-state index in [1.54, 1.807) is 24.9 Å². The Morgan fingerprint density at radius 1 is 1.48 bits per heavy atom. The summed E-state index contributed by atoms with van der Waals surface area (Å²) in [4.78, 5) is 14.7. The van der Waals surface area contributed by atoms with E-state index in [0.717, 1.165) is 18.5 Å². The van der Waals surface area contributed by atoms with Crippen LogP contribution in [0.3, 0.4) is 0 Å². The van der Waals surface area contributed by atoms with Gasteiger partial charge in [0.15, 0.2) is 9.84 Å². The van der Waals surface area contributed by atoms with Crippen molar-refractivity contribution in [1.29, 1.82) is 0 Å². The molecular formula is C15H23N3O4S. The van der Waals surface area contributed by atoms with E-state index >= 15 is 0 Å². The molecule has 8 heteroatoms. The van der Waals surface area contributed by atoms with Crippen molar-refractivity contribution in [3.63, 3.8) is 0 Å². The van der Waals surface area contributed by atoms with Crippen LogP contribution in [0.5, 0.6) is 0 Å². The van der Waals surface area contributed by atoms with E-state index in [0.29, 0.717) is 6.61 Å². The van der Waals surface area contributed by atoms with Crippen LogP contribution in [0.25, 0.3) is 0 Å². The van der Waals surface area contributed by atoms with Crippen LogP contribution in [0.1, 0.15) is 38.5 Å². The minimum absolute atomic E-state index is 0.0210. The second-order valence-electron chi connectivity index (χ2n) is 6.89. The highest BCUT2D eigenvalue weighted by Gasteiger charge is 2.44. The first-order valence-corrected chi connectivity index (χ1v) is 9.59. The number of amides is 1. The molecule has 0 bridgehead atoms. The summed E-state index contributed by atoms with van der Waals surface area (Å²) in [6.07, 6.45) is 2.88. The van der Waals surface area contributed by atoms with E-state index in [4.69, 9.17) is 4.74 Å². The Bertz CT molecular complexity index is 669. The van der Waals surface area contributed by atoms with Crippen molar-refractivity contribution < 1.29 is 17.9 Å². The van der Waals surface area contributed by atoms with Gasteiger partial charge >= 0.3 is 0 Å². The Hall–Kier alpha value is -1.41. The minimum Gasteiger partial charge on any atom is -0.371 e. The summed E-state index contributed by atoms with van der Waals surface area (Å²) in [6, 6.07) is 1.82. The van der Waals surface area contributed by atoms with Crippen molar-refractivity contribution in [2.24, 2.45) is 5.92 Å². The number of ether oxygens (including phenoxy) is 1. The first-order chi connectivity index (χ1) is 10.8. The zero-order chi connectivity index (χ0) is 16.7. The van der Waals surface area contributed by atoms with Crippen LogP contribution in [0.15, 0.2) is 12.3 Å². The molecule has 0 radical (unpaired) electrons. The van der Waals surface area contributed by atoms with Crippen LogP contribution in [-0.2, 0) is 19.4 Å². The largest absolute Gasteiger partial charge is 0.371 e. The Balaban J connectivity index is 1.79. The van der Waals surface area contributed by atoms with Crippen LogP contribution in [-0.4, -0.2) is 59.6 Å². The van der Waals surface area contributed by atoms with Gasteiger partial charge in [-0.2, -0.15) is 5.10 Å². The molecule has 2 fully saturated rings. The molecule has 2 aliphatic heterocycles. The van der Waals surface area contributed by atoms with Gasteiger partial charge in [0, 0.05) is 25.9 Å². The van der Waals surface area contributed by atoms with Crippen molar-refractivity contribution >= 4 is 15.7 Å². The van der Waals surface area contributed by atoms with Gasteiger partial charge in [-0.05, 0) is 32.8 Å². The Morgan fingerprint density at radius 2 is 2.26 bits per heavy atom. The molecule has 7 nitrogen and oxygen atoms in total. The molecule has 128 valence electrons. The fourth-order valence-corrected chi connectivity index (χ4v) is 4.70. The summed E-state index contributed by atoms with van der Waals surface area (Å²) < 4.78 is 29.1. The molecular weight excluding hydrogens is 318 g/mol. The van der Waals surface area contributed by atoms with Crippen LogP contribution in [0, 0.1) is 5.92 Å². The van der Waals surface area contributed by atoms with E-state index in [1.165, 1.54) is 0 Å². The zero-order valence-electron chi connectivity index (χ0n) is 13.5. The SMILES string of the molecule is CC1(C)CN(C(=O)[C@@H]2CCCO[C@H]2c2ccn[nH]2)CCS1(=O)=O. The number of nitrogens with zero attached hydrogens (tertiary/aromatic N) is 2. The maximum Gasteiger partial charge on any atom is 0.228 e. The fourth-order valence-electron chi connectivity index (χ4n) is 3.33. The molecule has 23 heavy (non-hydrogen) atoms. The minimum atomic E-state index is -3.16. The Morgan fingerprint density at radius 3 is 2.91 bits per heavy atom. The number of aromatic nitrogens is 2. The maximum atomic E-state index is 13.0. The quantitative estimate of drug-likeness (QED) is 0.863. The van der Waals surface area contributed by atoms with Crippen molar-refractivity contribution in [2.45, 2.75) is 37.5 Å². The van der Waals surface area contributed by atoms with E-state index in [1.807, 2.05) is 6.07 Å². The highest BCUT2D eigenvalue weighted by Crippen LogP contribution is 2.35. The topological polar surface area (TPSA) is 92.4 Å². The first kappa shape index (κ1) is 16.4. The van der Waals surface area contributed by atoms with Crippen LogP contribution < -0.4 is 0 Å². The van der Waals surface area contributed by atoms with Gasteiger partial charge in [0.05, 0.1) is 22.1 Å². The van der Waals surface area contributed by atoms with Gasteiger partial charge in [0.2, 0.25) is 5.91 Å². The second kappa shape index (κ2) is 5.90. The number of H-pyrrole nitrogens is 1. The average molecular weight is 341 g/mol. The molecule has 0 saturated carbocycles. The summed E-state index contributed by atoms with van der Waals surface area (Å²) in [5.41, 5.74) is 0.798. The number of rotatable bonds is 2. The smallest absolute Gasteiger partial charge is 0.228 e. The molecule has 2 atom stereocenters. The van der Waals surface area contributed by atoms with E-state index < -0.39 is 14.6 Å². The summed E-state index contributed by atoms with van der Waals surface area (Å²) >= 11 is 0. The van der Waals surface area contributed by atoms with Crippen LogP contribution >= 0.6 is 0 Å². The van der Waals surface area contributed by atoms with Gasteiger partial charge in [-0.25, -0.2) is 8.42 Å². The highest BCUT2D eigenvalue weighted by atomic mass is 32.2. The lowest BCUT2D eigenvalue weighted by Gasteiger charge is -2.41. The average Bonchev–Trinajstić information content (AvgIpc) is 3.03. The molecule has 1 amide bonds. The van der Waals surface area contributed by atoms with E-state index in [-0.39, 0.29) is 36.8 Å². The summed E-state index contributed by atoms with van der Waals surface area (Å²) in [5.74, 6) is -0.290.